The Balaban J connectivity index is 2.49. The third-order valence-electron chi connectivity index (χ3n) is 3.80. The Morgan fingerprint density at radius 1 is 1.18 bits per heavy atom. The van der Waals surface area contributed by atoms with Gasteiger partial charge in [-0.3, -0.25) is 0 Å². The van der Waals surface area contributed by atoms with E-state index in [4.69, 9.17) is 0 Å². The van der Waals surface area contributed by atoms with Crippen LogP contribution >= 0.6 is 0 Å². The van der Waals surface area contributed by atoms with Gasteiger partial charge in [-0.1, -0.05) is 0 Å². The van der Waals surface area contributed by atoms with Gasteiger partial charge in [-0.05, 0) is 0 Å². The maximum absolute atomic E-state index is 2.70. The molecule has 1 heteroatoms. The van der Waals surface area contributed by atoms with Gasteiger partial charge in [0, 0.05) is 0 Å². The maximum atomic E-state index is 2.70. The third kappa shape index (κ3) is 2.37. The molecule has 1 aliphatic heterocycles. The van der Waals surface area contributed by atoms with E-state index in [9.17, 15) is 0 Å². The summed E-state index contributed by atoms with van der Waals surface area (Å²) >= 11 is -1.47. The van der Waals surface area contributed by atoms with Crippen LogP contribution in [0.25, 0.3) is 0 Å². The van der Waals surface area contributed by atoms with Crippen LogP contribution in [0.2, 0.25) is 17.7 Å². The van der Waals surface area contributed by atoms with Crippen molar-refractivity contribution in [3.63, 3.8) is 0 Å². The van der Waals surface area contributed by atoms with Crippen LogP contribution in [0.15, 0.2) is 0 Å². The minimum atomic E-state index is -1.47. The van der Waals surface area contributed by atoms with Crippen LogP contribution in [0.1, 0.15) is 39.5 Å². The Bertz CT molecular complexity index is 114. The molecular formula is C10H22Sn. The first-order valence-electron chi connectivity index (χ1n) is 5.19. The van der Waals surface area contributed by atoms with Crippen LogP contribution in [0.5, 0.6) is 0 Å². The molecule has 1 heterocycles. The fourth-order valence-corrected chi connectivity index (χ4v) is 14.7. The number of hydrogen-bond acceptors (Lipinski definition) is 0. The van der Waals surface area contributed by atoms with E-state index < -0.39 is 18.4 Å². The molecule has 0 spiro atoms. The van der Waals surface area contributed by atoms with Crippen LogP contribution in [0, 0.1) is 0 Å². The van der Waals surface area contributed by atoms with Gasteiger partial charge < -0.3 is 0 Å². The Kier molecular flexibility index (Phi) is 3.73. The van der Waals surface area contributed by atoms with Gasteiger partial charge in [0.25, 0.3) is 0 Å². The summed E-state index contributed by atoms with van der Waals surface area (Å²) in [6.07, 6.45) is 6.11. The SMILES string of the molecule is CC[CH](C)[Sn]1([CH3])[CH2]CCC[CH2]1. The Morgan fingerprint density at radius 3 is 2.18 bits per heavy atom. The molecule has 1 unspecified atom stereocenters. The molecule has 0 saturated carbocycles. The van der Waals surface area contributed by atoms with Gasteiger partial charge in [0.05, 0.1) is 0 Å². The summed E-state index contributed by atoms with van der Waals surface area (Å²) in [5.74, 6) is 0. The normalized spacial score (nSPS) is 26.5. The molecule has 0 radical (unpaired) electrons. The molecule has 1 fully saturated rings. The molecule has 0 aromatic carbocycles. The molecule has 1 atom stereocenters. The standard InChI is InChI=1S/C5H10.C4H9.CH3.Sn/c1-3-5-4-2;1-3-4-2;;/h1-5H2;3H,4H2,1-2H3;1H3;. The Morgan fingerprint density at radius 2 is 1.73 bits per heavy atom. The molecule has 0 aromatic heterocycles. The summed E-state index contributed by atoms with van der Waals surface area (Å²) in [5.41, 5.74) is 0. The van der Waals surface area contributed by atoms with Crippen LogP contribution in [0.3, 0.4) is 0 Å². The fraction of sp³-hybridized carbons (Fsp3) is 1.00. The molecule has 0 aliphatic carbocycles. The van der Waals surface area contributed by atoms with Gasteiger partial charge in [0.15, 0.2) is 0 Å². The summed E-state index contributed by atoms with van der Waals surface area (Å²) in [6.45, 7) is 4.89. The number of hydrogen-bond donors (Lipinski definition) is 0. The monoisotopic (exact) mass is 262 g/mol. The van der Waals surface area contributed by atoms with Crippen molar-refractivity contribution in [3.05, 3.63) is 0 Å². The van der Waals surface area contributed by atoms with Gasteiger partial charge in [-0.2, -0.15) is 0 Å². The van der Waals surface area contributed by atoms with Gasteiger partial charge in [-0.15, -0.1) is 0 Å². The van der Waals surface area contributed by atoms with E-state index in [2.05, 4.69) is 18.8 Å². The summed E-state index contributed by atoms with van der Waals surface area (Å²) in [7, 11) is 0. The van der Waals surface area contributed by atoms with E-state index >= 15 is 0 Å². The minimum absolute atomic E-state index is 1.14. The zero-order valence-electron chi connectivity index (χ0n) is 8.32. The first-order valence-corrected chi connectivity index (χ1v) is 13.7. The van der Waals surface area contributed by atoms with Crippen molar-refractivity contribution in [1.29, 1.82) is 0 Å². The van der Waals surface area contributed by atoms with Crippen molar-refractivity contribution < 1.29 is 0 Å². The van der Waals surface area contributed by atoms with Crippen LogP contribution in [-0.2, 0) is 0 Å². The van der Waals surface area contributed by atoms with Crippen molar-refractivity contribution in [3.8, 4) is 0 Å². The molecule has 0 aromatic rings. The first kappa shape index (κ1) is 9.88. The van der Waals surface area contributed by atoms with Crippen LogP contribution in [-0.4, -0.2) is 18.4 Å². The average Bonchev–Trinajstić information content (AvgIpc) is 2.04. The van der Waals surface area contributed by atoms with Gasteiger partial charge in [0.1, 0.15) is 0 Å². The van der Waals surface area contributed by atoms with Crippen molar-refractivity contribution in [2.24, 2.45) is 0 Å². The van der Waals surface area contributed by atoms with E-state index in [1.54, 1.807) is 21.7 Å². The second-order valence-corrected chi connectivity index (χ2v) is 19.6. The van der Waals surface area contributed by atoms with E-state index in [0.717, 1.165) is 3.93 Å². The molecule has 0 N–H and O–H groups in total. The quantitative estimate of drug-likeness (QED) is 0.658. The molecule has 1 saturated heterocycles. The van der Waals surface area contributed by atoms with Crippen molar-refractivity contribution in [1.82, 2.24) is 0 Å². The average molecular weight is 261 g/mol. The van der Waals surface area contributed by atoms with Gasteiger partial charge in [0.2, 0.25) is 0 Å². The zero-order chi connectivity index (χ0) is 8.32. The van der Waals surface area contributed by atoms with E-state index in [1.165, 1.54) is 12.8 Å². The third-order valence-corrected chi connectivity index (χ3v) is 20.3. The second-order valence-electron chi connectivity index (χ2n) is 4.52. The summed E-state index contributed by atoms with van der Waals surface area (Å²) in [4.78, 5) is 2.70. The van der Waals surface area contributed by atoms with Crippen molar-refractivity contribution in [2.45, 2.75) is 57.3 Å². The molecule has 1 aliphatic rings. The molecule has 66 valence electrons. The van der Waals surface area contributed by atoms with E-state index in [-0.39, 0.29) is 0 Å². The van der Waals surface area contributed by atoms with E-state index in [1.807, 2.05) is 0 Å². The Hall–Kier alpha value is 0.799. The molecule has 1 rings (SSSR count). The molecule has 0 bridgehead atoms. The number of rotatable bonds is 2. The van der Waals surface area contributed by atoms with Crippen LogP contribution < -0.4 is 0 Å². The summed E-state index contributed by atoms with van der Waals surface area (Å²) in [5, 5.41) is 0. The summed E-state index contributed by atoms with van der Waals surface area (Å²) in [6, 6.07) is 0. The van der Waals surface area contributed by atoms with Crippen LogP contribution in [0.4, 0.5) is 0 Å². The zero-order valence-corrected chi connectivity index (χ0v) is 11.2. The molecule has 0 amide bonds. The topological polar surface area (TPSA) is 0 Å². The second kappa shape index (κ2) is 4.15. The summed E-state index contributed by atoms with van der Waals surface area (Å²) < 4.78 is 4.51. The predicted octanol–water partition coefficient (Wildman–Crippen LogP) is 4.05. The fourth-order valence-electron chi connectivity index (χ4n) is 2.35. The molecule has 0 nitrogen and oxygen atoms in total. The van der Waals surface area contributed by atoms with Gasteiger partial charge >= 0.3 is 75.7 Å². The van der Waals surface area contributed by atoms with Crippen molar-refractivity contribution in [2.75, 3.05) is 0 Å². The Labute approximate surface area is 75.6 Å². The van der Waals surface area contributed by atoms with Crippen molar-refractivity contribution >= 4 is 18.4 Å². The molecule has 11 heavy (non-hydrogen) atoms. The first-order chi connectivity index (χ1) is 5.19. The van der Waals surface area contributed by atoms with Gasteiger partial charge in [-0.25, -0.2) is 0 Å². The molecular weight excluding hydrogens is 239 g/mol. The van der Waals surface area contributed by atoms with E-state index in [0.29, 0.717) is 0 Å². The predicted molar refractivity (Wildman–Crippen MR) is 54.8 cm³/mol.